The van der Waals surface area contributed by atoms with E-state index in [9.17, 15) is 0 Å². The van der Waals surface area contributed by atoms with E-state index in [1.54, 1.807) is 0 Å². The Labute approximate surface area is 221 Å². The molecule has 2 heteroatoms. The van der Waals surface area contributed by atoms with Gasteiger partial charge in [-0.25, -0.2) is 4.57 Å². The maximum atomic E-state index is 4.76. The first kappa shape index (κ1) is 24.0. The first-order valence-electron chi connectivity index (χ1n) is 14.2. The van der Waals surface area contributed by atoms with Crippen LogP contribution in [0.2, 0.25) is 0 Å². The summed E-state index contributed by atoms with van der Waals surface area (Å²) < 4.78 is 5.19. The van der Waals surface area contributed by atoms with E-state index in [1.165, 1.54) is 60.8 Å². The van der Waals surface area contributed by atoms with Crippen LogP contribution in [-0.2, 0) is 18.4 Å². The van der Waals surface area contributed by atoms with E-state index in [0.717, 1.165) is 32.1 Å². The van der Waals surface area contributed by atoms with Gasteiger partial charge in [0, 0.05) is 21.9 Å². The minimum Gasteiger partial charge on any atom is -0.219 e. The third-order valence-electron chi connectivity index (χ3n) is 8.81. The molecule has 2 aromatic heterocycles. The molecule has 188 valence electrons. The summed E-state index contributed by atoms with van der Waals surface area (Å²) in [4.78, 5) is 0. The number of rotatable bonds is 7. The van der Waals surface area contributed by atoms with Crippen LogP contribution < -0.4 is 4.57 Å². The summed E-state index contributed by atoms with van der Waals surface area (Å²) >= 11 is 0. The number of imidazole rings is 1. The van der Waals surface area contributed by atoms with Gasteiger partial charge in [0.2, 0.25) is 0 Å². The molecule has 0 amide bonds. The number of aromatic nitrogens is 2. The second kappa shape index (κ2) is 8.87. The first-order valence-corrected chi connectivity index (χ1v) is 14.2. The van der Waals surface area contributed by atoms with E-state index in [2.05, 4.69) is 110 Å². The van der Waals surface area contributed by atoms with Crippen molar-refractivity contribution in [3.05, 3.63) is 90.1 Å². The van der Waals surface area contributed by atoms with E-state index in [4.69, 9.17) is 6.58 Å². The van der Waals surface area contributed by atoms with Crippen LogP contribution in [0.1, 0.15) is 70.6 Å². The van der Waals surface area contributed by atoms with Crippen LogP contribution in [0, 0.1) is 5.92 Å². The molecule has 0 bridgehead atoms. The summed E-state index contributed by atoms with van der Waals surface area (Å²) in [6.07, 6.45) is 7.82. The molecule has 0 atom stereocenters. The van der Waals surface area contributed by atoms with Crippen molar-refractivity contribution in [2.24, 2.45) is 5.92 Å². The summed E-state index contributed by atoms with van der Waals surface area (Å²) in [7, 11) is 0. The molecule has 1 aliphatic rings. The number of hydrogen-bond acceptors (Lipinski definition) is 0. The predicted molar refractivity (Wildman–Crippen MR) is 158 cm³/mol. The molecule has 3 aromatic carbocycles. The highest BCUT2D eigenvalue weighted by Gasteiger charge is 2.45. The highest BCUT2D eigenvalue weighted by atomic mass is 15.2. The SMILES string of the molecule is C=C1c2cccc3c4ccccc4n4c(-c5c(CCC)cccc5CC(C)C)c[n+](c4c23)C1(CC)CC. The van der Waals surface area contributed by atoms with Crippen molar-refractivity contribution in [1.82, 2.24) is 4.40 Å². The maximum Gasteiger partial charge on any atom is 0.296 e. The van der Waals surface area contributed by atoms with E-state index >= 15 is 0 Å². The second-order valence-electron chi connectivity index (χ2n) is 11.3. The largest absolute Gasteiger partial charge is 0.296 e. The lowest BCUT2D eigenvalue weighted by Crippen LogP contribution is -2.57. The maximum absolute atomic E-state index is 4.76. The average molecular weight is 488 g/mol. The summed E-state index contributed by atoms with van der Waals surface area (Å²) in [5, 5.41) is 3.97. The molecule has 0 saturated carbocycles. The van der Waals surface area contributed by atoms with E-state index in [1.807, 2.05) is 0 Å². The molecular formula is C35H39N2+. The summed E-state index contributed by atoms with van der Waals surface area (Å²) in [6, 6.07) is 22.8. The Morgan fingerprint density at radius 3 is 2.30 bits per heavy atom. The molecule has 2 nitrogen and oxygen atoms in total. The van der Waals surface area contributed by atoms with Crippen molar-refractivity contribution in [2.75, 3.05) is 0 Å². The molecule has 5 aromatic rings. The quantitative estimate of drug-likeness (QED) is 0.160. The van der Waals surface area contributed by atoms with Crippen molar-refractivity contribution >= 4 is 32.9 Å². The van der Waals surface area contributed by atoms with Gasteiger partial charge >= 0.3 is 0 Å². The molecule has 0 N–H and O–H groups in total. The van der Waals surface area contributed by atoms with Crippen molar-refractivity contribution in [2.45, 2.75) is 72.3 Å². The van der Waals surface area contributed by atoms with Crippen LogP contribution >= 0.6 is 0 Å². The van der Waals surface area contributed by atoms with Crippen molar-refractivity contribution in [1.29, 1.82) is 0 Å². The van der Waals surface area contributed by atoms with Crippen molar-refractivity contribution in [3.8, 4) is 11.3 Å². The number of para-hydroxylation sites is 1. The Bertz CT molecular complexity index is 1680. The van der Waals surface area contributed by atoms with Gasteiger partial charge in [-0.2, -0.15) is 4.40 Å². The lowest BCUT2D eigenvalue weighted by atomic mass is 9.77. The van der Waals surface area contributed by atoms with Gasteiger partial charge in [-0.1, -0.05) is 102 Å². The summed E-state index contributed by atoms with van der Waals surface area (Å²) in [5.74, 6) is 0.596. The molecule has 1 aliphatic heterocycles. The van der Waals surface area contributed by atoms with Gasteiger partial charge in [-0.05, 0) is 54.4 Å². The van der Waals surface area contributed by atoms with E-state index < -0.39 is 0 Å². The second-order valence-corrected chi connectivity index (χ2v) is 11.3. The van der Waals surface area contributed by atoms with Crippen molar-refractivity contribution < 1.29 is 4.57 Å². The first-order chi connectivity index (χ1) is 18.0. The third-order valence-corrected chi connectivity index (χ3v) is 8.81. The number of allylic oxidation sites excluding steroid dienone is 1. The van der Waals surface area contributed by atoms with Gasteiger partial charge in [-0.15, -0.1) is 0 Å². The number of benzene rings is 3. The Kier molecular flexibility index (Phi) is 5.75. The fourth-order valence-corrected chi connectivity index (χ4v) is 7.09. The normalized spacial score (nSPS) is 14.6. The molecule has 0 saturated heterocycles. The minimum atomic E-state index is -0.134. The van der Waals surface area contributed by atoms with E-state index in [0.29, 0.717) is 5.92 Å². The molecule has 6 rings (SSSR count). The number of pyridine rings is 1. The Hall–Kier alpha value is -3.39. The number of hydrogen-bond donors (Lipinski definition) is 0. The zero-order chi connectivity index (χ0) is 25.9. The van der Waals surface area contributed by atoms with Crippen LogP contribution in [0.5, 0.6) is 0 Å². The number of fused-ring (bicyclic) bond motifs is 3. The van der Waals surface area contributed by atoms with Gasteiger partial charge < -0.3 is 0 Å². The smallest absolute Gasteiger partial charge is 0.219 e. The molecule has 0 fully saturated rings. The number of nitrogens with zero attached hydrogens (tertiary/aromatic N) is 2. The molecule has 0 aliphatic carbocycles. The highest BCUT2D eigenvalue weighted by molar-refractivity contribution is 6.16. The Morgan fingerprint density at radius 2 is 1.57 bits per heavy atom. The molecule has 37 heavy (non-hydrogen) atoms. The molecular weight excluding hydrogens is 448 g/mol. The molecule has 0 unspecified atom stereocenters. The van der Waals surface area contributed by atoms with Crippen molar-refractivity contribution in [3.63, 3.8) is 0 Å². The molecule has 0 spiro atoms. The van der Waals surface area contributed by atoms with Crippen LogP contribution in [0.4, 0.5) is 0 Å². The molecule has 3 heterocycles. The van der Waals surface area contributed by atoms with Gasteiger partial charge in [0.1, 0.15) is 17.3 Å². The van der Waals surface area contributed by atoms with Gasteiger partial charge in [0.05, 0.1) is 5.39 Å². The van der Waals surface area contributed by atoms with Gasteiger partial charge in [0.25, 0.3) is 5.65 Å². The Morgan fingerprint density at radius 1 is 0.865 bits per heavy atom. The zero-order valence-corrected chi connectivity index (χ0v) is 23.1. The predicted octanol–water partition coefficient (Wildman–Crippen LogP) is 8.89. The highest BCUT2D eigenvalue weighted by Crippen LogP contribution is 2.46. The zero-order valence-electron chi connectivity index (χ0n) is 23.1. The fraction of sp³-hybridized carbons (Fsp3) is 0.343. The minimum absolute atomic E-state index is 0.134. The summed E-state index contributed by atoms with van der Waals surface area (Å²) in [6.45, 7) is 16.4. The average Bonchev–Trinajstić information content (AvgIpc) is 3.30. The standard InChI is InChI=1S/C35H39N2/c1-7-14-25-15-12-16-26(21-23(4)5)32(25)31-22-36-34-33-27(24(6)35(36,8-2)9-3)18-13-19-29(33)28-17-10-11-20-30(28)37(31)34/h10-13,15-20,22-23H,6-9,14,21H2,1-5H3/q+1. The summed E-state index contributed by atoms with van der Waals surface area (Å²) in [5.41, 5.74) is 10.7. The van der Waals surface area contributed by atoms with E-state index in [-0.39, 0.29) is 5.54 Å². The third kappa shape index (κ3) is 3.27. The van der Waals surface area contributed by atoms with Crippen LogP contribution in [-0.4, -0.2) is 4.40 Å². The molecule has 0 radical (unpaired) electrons. The van der Waals surface area contributed by atoms with Crippen LogP contribution in [0.25, 0.3) is 44.2 Å². The van der Waals surface area contributed by atoms with Gasteiger partial charge in [-0.3, -0.25) is 0 Å². The van der Waals surface area contributed by atoms with Crippen LogP contribution in [0.15, 0.2) is 73.4 Å². The van der Waals surface area contributed by atoms with Gasteiger partial charge in [0.15, 0.2) is 5.69 Å². The topological polar surface area (TPSA) is 8.29 Å². The number of aryl methyl sites for hydroxylation is 1. The lowest BCUT2D eigenvalue weighted by molar-refractivity contribution is -0.726. The van der Waals surface area contributed by atoms with Crippen LogP contribution in [0.3, 0.4) is 0 Å². The fourth-order valence-electron chi connectivity index (χ4n) is 7.09. The Balaban J connectivity index is 1.88. The lowest BCUT2D eigenvalue weighted by Gasteiger charge is -2.35. The monoisotopic (exact) mass is 487 g/mol.